The van der Waals surface area contributed by atoms with Gasteiger partial charge in [0, 0.05) is 18.0 Å². The van der Waals surface area contributed by atoms with Crippen LogP contribution in [0.15, 0.2) is 36.5 Å². The van der Waals surface area contributed by atoms with Gasteiger partial charge in [0.15, 0.2) is 4.77 Å². The quantitative estimate of drug-likeness (QED) is 0.650. The first-order valence-electron chi connectivity index (χ1n) is 6.72. The fraction of sp³-hybridized carbons (Fsp3) is 0.250. The van der Waals surface area contributed by atoms with Crippen LogP contribution >= 0.6 is 12.2 Å². The lowest BCUT2D eigenvalue weighted by molar-refractivity contribution is 0.580. The molecule has 3 nitrogen and oxygen atoms in total. The number of H-pyrrole nitrogens is 2. The van der Waals surface area contributed by atoms with Crippen molar-refractivity contribution >= 4 is 17.8 Å². The Morgan fingerprint density at radius 1 is 1.40 bits per heavy atom. The van der Waals surface area contributed by atoms with Crippen molar-refractivity contribution in [3.05, 3.63) is 58.1 Å². The largest absolute Gasteiger partial charge is 0.337 e. The van der Waals surface area contributed by atoms with Gasteiger partial charge in [-0.1, -0.05) is 24.3 Å². The lowest BCUT2D eigenvalue weighted by Gasteiger charge is -2.27. The van der Waals surface area contributed by atoms with Crippen LogP contribution in [0.1, 0.15) is 23.2 Å². The molecule has 4 heteroatoms. The van der Waals surface area contributed by atoms with Crippen molar-refractivity contribution in [1.29, 1.82) is 5.26 Å². The number of benzene rings is 1. The molecule has 0 fully saturated rings. The van der Waals surface area contributed by atoms with Gasteiger partial charge in [-0.2, -0.15) is 5.26 Å². The number of aromatic nitrogens is 2. The summed E-state index contributed by atoms with van der Waals surface area (Å²) in [5.74, 6) is 0.367. The number of aryl methyl sites for hydroxylation is 1. The molecule has 0 radical (unpaired) electrons. The second kappa shape index (κ2) is 5.48. The molecule has 0 saturated carbocycles. The van der Waals surface area contributed by atoms with Gasteiger partial charge in [0.05, 0.1) is 6.07 Å². The molecule has 1 unspecified atom stereocenters. The van der Waals surface area contributed by atoms with E-state index < -0.39 is 0 Å². The molecule has 1 aliphatic carbocycles. The van der Waals surface area contributed by atoms with Crippen molar-refractivity contribution in [3.63, 3.8) is 0 Å². The van der Waals surface area contributed by atoms with Crippen LogP contribution in [-0.4, -0.2) is 9.97 Å². The van der Waals surface area contributed by atoms with Gasteiger partial charge in [-0.05, 0) is 54.1 Å². The Bertz CT molecular complexity index is 745. The average molecular weight is 281 g/mol. The highest BCUT2D eigenvalue weighted by molar-refractivity contribution is 7.71. The van der Waals surface area contributed by atoms with Gasteiger partial charge in [0.1, 0.15) is 0 Å². The van der Waals surface area contributed by atoms with Gasteiger partial charge < -0.3 is 9.97 Å². The number of nitrogens with zero attached hydrogens (tertiary/aromatic N) is 1. The van der Waals surface area contributed by atoms with Crippen molar-refractivity contribution in [3.8, 4) is 6.07 Å². The van der Waals surface area contributed by atoms with Crippen molar-refractivity contribution in [2.24, 2.45) is 5.92 Å². The molecule has 0 bridgehead atoms. The molecule has 100 valence electrons. The summed E-state index contributed by atoms with van der Waals surface area (Å²) in [6.07, 6.45) is 6.64. The molecule has 0 saturated heterocycles. The molecule has 2 aromatic rings. The second-order valence-electron chi connectivity index (χ2n) is 5.09. The molecule has 2 N–H and O–H groups in total. The van der Waals surface area contributed by atoms with Crippen molar-refractivity contribution in [2.45, 2.75) is 19.3 Å². The lowest BCUT2D eigenvalue weighted by Crippen LogP contribution is -2.15. The first-order valence-corrected chi connectivity index (χ1v) is 7.13. The van der Waals surface area contributed by atoms with Gasteiger partial charge in [0.25, 0.3) is 0 Å². The zero-order chi connectivity index (χ0) is 13.9. The van der Waals surface area contributed by atoms with Crippen LogP contribution in [-0.2, 0) is 12.8 Å². The lowest BCUT2D eigenvalue weighted by atomic mass is 9.77. The Morgan fingerprint density at radius 3 is 3.00 bits per heavy atom. The summed E-state index contributed by atoms with van der Waals surface area (Å²) in [7, 11) is 0. The summed E-state index contributed by atoms with van der Waals surface area (Å²) in [4.78, 5) is 6.16. The maximum atomic E-state index is 9.08. The molecule has 1 atom stereocenters. The molecule has 3 rings (SSSR count). The van der Waals surface area contributed by atoms with Gasteiger partial charge in [0.2, 0.25) is 0 Å². The molecule has 0 spiro atoms. The van der Waals surface area contributed by atoms with Crippen LogP contribution in [0.4, 0.5) is 0 Å². The van der Waals surface area contributed by atoms with E-state index in [1.54, 1.807) is 6.08 Å². The fourth-order valence-corrected chi connectivity index (χ4v) is 3.14. The smallest absolute Gasteiger partial charge is 0.174 e. The topological polar surface area (TPSA) is 55.4 Å². The number of nitrogens with one attached hydrogen (secondary N) is 2. The molecular formula is C16H15N3S. The zero-order valence-corrected chi connectivity index (χ0v) is 11.8. The SMILES string of the molecule is N#C/C=C1/c2ccccc2CCC1Cc1c[nH]c(=S)[nH]1. The number of rotatable bonds is 2. The first kappa shape index (κ1) is 12.9. The standard InChI is InChI=1S/C16H15N3S/c17-8-7-15-12(9-13-10-18-16(20)19-13)6-5-11-3-1-2-4-14(11)15/h1-4,7,10,12H,5-6,9H2,(H2,18,19,20)/b15-7+. The van der Waals surface area contributed by atoms with Crippen molar-refractivity contribution < 1.29 is 0 Å². The Kier molecular flexibility index (Phi) is 3.53. The monoisotopic (exact) mass is 281 g/mol. The predicted molar refractivity (Wildman–Crippen MR) is 81.5 cm³/mol. The molecule has 0 aliphatic heterocycles. The summed E-state index contributed by atoms with van der Waals surface area (Å²) in [5.41, 5.74) is 4.81. The minimum atomic E-state index is 0.367. The van der Waals surface area contributed by atoms with Crippen LogP contribution in [0.25, 0.3) is 5.57 Å². The number of nitriles is 1. The van der Waals surface area contributed by atoms with Crippen LogP contribution in [0.3, 0.4) is 0 Å². The number of allylic oxidation sites excluding steroid dienone is 2. The molecular weight excluding hydrogens is 266 g/mol. The highest BCUT2D eigenvalue weighted by Crippen LogP contribution is 2.36. The van der Waals surface area contributed by atoms with E-state index in [0.29, 0.717) is 10.7 Å². The molecule has 1 aliphatic rings. The third-order valence-corrected chi connectivity index (χ3v) is 4.09. The highest BCUT2D eigenvalue weighted by atomic mass is 32.1. The Morgan fingerprint density at radius 2 is 2.25 bits per heavy atom. The van der Waals surface area contributed by atoms with Crippen LogP contribution in [0, 0.1) is 22.0 Å². The number of hydrogen-bond acceptors (Lipinski definition) is 2. The zero-order valence-electron chi connectivity index (χ0n) is 11.0. The van der Waals surface area contributed by atoms with Gasteiger partial charge in [-0.3, -0.25) is 0 Å². The Hall–Kier alpha value is -2.12. The van der Waals surface area contributed by atoms with E-state index in [-0.39, 0.29) is 0 Å². The highest BCUT2D eigenvalue weighted by Gasteiger charge is 2.24. The predicted octanol–water partition coefficient (Wildman–Crippen LogP) is 3.78. The van der Waals surface area contributed by atoms with E-state index in [1.807, 2.05) is 12.3 Å². The molecule has 1 aromatic heterocycles. The maximum absolute atomic E-state index is 9.08. The van der Waals surface area contributed by atoms with E-state index in [0.717, 1.165) is 30.5 Å². The summed E-state index contributed by atoms with van der Waals surface area (Å²) >= 11 is 5.07. The Balaban J connectivity index is 1.95. The van der Waals surface area contributed by atoms with Gasteiger partial charge in [-0.25, -0.2) is 0 Å². The van der Waals surface area contributed by atoms with Crippen molar-refractivity contribution in [1.82, 2.24) is 9.97 Å². The minimum absolute atomic E-state index is 0.367. The van der Waals surface area contributed by atoms with E-state index in [9.17, 15) is 0 Å². The minimum Gasteiger partial charge on any atom is -0.337 e. The van der Waals surface area contributed by atoms with E-state index >= 15 is 0 Å². The van der Waals surface area contributed by atoms with Crippen LogP contribution in [0.2, 0.25) is 0 Å². The molecule has 1 aromatic carbocycles. The summed E-state index contributed by atoms with van der Waals surface area (Å²) < 4.78 is 0.655. The number of aromatic amines is 2. The fourth-order valence-electron chi connectivity index (χ4n) is 2.95. The third kappa shape index (κ3) is 2.45. The molecule has 0 amide bonds. The van der Waals surface area contributed by atoms with Gasteiger partial charge >= 0.3 is 0 Å². The number of hydrogen-bond donors (Lipinski definition) is 2. The van der Waals surface area contributed by atoms with Crippen LogP contribution in [0.5, 0.6) is 0 Å². The maximum Gasteiger partial charge on any atom is 0.174 e. The van der Waals surface area contributed by atoms with E-state index in [1.165, 1.54) is 11.1 Å². The van der Waals surface area contributed by atoms with Crippen LogP contribution < -0.4 is 0 Å². The van der Waals surface area contributed by atoms with E-state index in [2.05, 4.69) is 34.2 Å². The van der Waals surface area contributed by atoms with Gasteiger partial charge in [-0.15, -0.1) is 0 Å². The number of fused-ring (bicyclic) bond motifs is 1. The second-order valence-corrected chi connectivity index (χ2v) is 5.50. The van der Waals surface area contributed by atoms with E-state index in [4.69, 9.17) is 17.5 Å². The Labute approximate surface area is 123 Å². The summed E-state index contributed by atoms with van der Waals surface area (Å²) in [6, 6.07) is 10.6. The van der Waals surface area contributed by atoms with Crippen molar-refractivity contribution in [2.75, 3.05) is 0 Å². The number of imidazole rings is 1. The average Bonchev–Trinajstić information content (AvgIpc) is 2.87. The molecule has 20 heavy (non-hydrogen) atoms. The molecule has 1 heterocycles. The summed E-state index contributed by atoms with van der Waals surface area (Å²) in [6.45, 7) is 0. The normalized spacial score (nSPS) is 19.6. The first-order chi connectivity index (χ1) is 9.78. The summed E-state index contributed by atoms with van der Waals surface area (Å²) in [5, 5.41) is 9.08. The third-order valence-electron chi connectivity index (χ3n) is 3.87.